The number of fused-ring (bicyclic) bond motifs is 1. The number of halogens is 1. The molecule has 2 N–H and O–H groups in total. The molecule has 0 aliphatic rings. The van der Waals surface area contributed by atoms with Gasteiger partial charge in [0.15, 0.2) is 0 Å². The van der Waals surface area contributed by atoms with E-state index in [1.165, 1.54) is 6.33 Å². The number of phenols is 1. The third-order valence-corrected chi connectivity index (χ3v) is 3.20. The maximum Gasteiger partial charge on any atom is 0.141 e. The van der Waals surface area contributed by atoms with E-state index in [-0.39, 0.29) is 5.75 Å². The highest BCUT2D eigenvalue weighted by Crippen LogP contribution is 2.26. The molecule has 94 valence electrons. The molecular weight excluding hydrogens is 306 g/mol. The molecule has 1 aromatic heterocycles. The van der Waals surface area contributed by atoms with Crippen molar-refractivity contribution in [1.29, 1.82) is 0 Å². The molecule has 0 fully saturated rings. The van der Waals surface area contributed by atoms with Crippen LogP contribution in [0.4, 0.5) is 11.5 Å². The highest BCUT2D eigenvalue weighted by Gasteiger charge is 2.05. The number of phenolic OH excluding ortho intramolecular Hbond substituents is 1. The van der Waals surface area contributed by atoms with Gasteiger partial charge in [0.1, 0.15) is 17.9 Å². The smallest absolute Gasteiger partial charge is 0.141 e. The van der Waals surface area contributed by atoms with Crippen molar-refractivity contribution in [3.05, 3.63) is 53.3 Å². The second-order valence-corrected chi connectivity index (χ2v) is 4.97. The van der Waals surface area contributed by atoms with Gasteiger partial charge in [-0.3, -0.25) is 0 Å². The number of nitrogens with zero attached hydrogens (tertiary/aromatic N) is 2. The number of rotatable bonds is 2. The predicted molar refractivity (Wildman–Crippen MR) is 78.6 cm³/mol. The fourth-order valence-corrected chi connectivity index (χ4v) is 2.25. The van der Waals surface area contributed by atoms with Gasteiger partial charge >= 0.3 is 0 Å². The minimum absolute atomic E-state index is 0.194. The Kier molecular flexibility index (Phi) is 3.05. The summed E-state index contributed by atoms with van der Waals surface area (Å²) in [5.41, 5.74) is 1.70. The lowest BCUT2D eigenvalue weighted by atomic mass is 10.2. The monoisotopic (exact) mass is 315 g/mol. The van der Waals surface area contributed by atoms with Gasteiger partial charge in [-0.1, -0.05) is 22.0 Å². The van der Waals surface area contributed by atoms with Crippen molar-refractivity contribution in [2.75, 3.05) is 5.32 Å². The average Bonchev–Trinajstić information content (AvgIpc) is 2.39. The van der Waals surface area contributed by atoms with Crippen LogP contribution in [0.25, 0.3) is 10.9 Å². The SMILES string of the molecule is Oc1ccc2ncnc(Nc3cccc(Br)c3)c2c1. The van der Waals surface area contributed by atoms with Crippen molar-refractivity contribution >= 4 is 38.3 Å². The van der Waals surface area contributed by atoms with Crippen LogP contribution >= 0.6 is 15.9 Å². The summed E-state index contributed by atoms with van der Waals surface area (Å²) in [5.74, 6) is 0.860. The fraction of sp³-hybridized carbons (Fsp3) is 0. The van der Waals surface area contributed by atoms with Gasteiger partial charge in [0.25, 0.3) is 0 Å². The molecule has 0 saturated heterocycles. The highest BCUT2D eigenvalue weighted by atomic mass is 79.9. The van der Waals surface area contributed by atoms with Crippen LogP contribution < -0.4 is 5.32 Å². The number of aromatic nitrogens is 2. The Labute approximate surface area is 118 Å². The maximum atomic E-state index is 9.57. The molecule has 0 aliphatic carbocycles. The Morgan fingerprint density at radius 2 is 1.95 bits per heavy atom. The summed E-state index contributed by atoms with van der Waals surface area (Å²) < 4.78 is 0.985. The minimum Gasteiger partial charge on any atom is -0.508 e. The van der Waals surface area contributed by atoms with E-state index in [1.807, 2.05) is 24.3 Å². The van der Waals surface area contributed by atoms with Gasteiger partial charge in [-0.15, -0.1) is 0 Å². The fourth-order valence-electron chi connectivity index (χ4n) is 1.85. The van der Waals surface area contributed by atoms with Crippen LogP contribution in [0.2, 0.25) is 0 Å². The van der Waals surface area contributed by atoms with Crippen molar-refractivity contribution in [3.63, 3.8) is 0 Å². The summed E-state index contributed by atoms with van der Waals surface area (Å²) in [4.78, 5) is 8.39. The van der Waals surface area contributed by atoms with E-state index in [4.69, 9.17) is 0 Å². The van der Waals surface area contributed by atoms with Crippen LogP contribution in [0, 0.1) is 0 Å². The average molecular weight is 316 g/mol. The molecule has 0 saturated carbocycles. The molecule has 0 amide bonds. The first-order valence-corrected chi connectivity index (χ1v) is 6.48. The van der Waals surface area contributed by atoms with Crippen molar-refractivity contribution in [3.8, 4) is 5.75 Å². The Bertz CT molecular complexity index is 746. The molecule has 0 radical (unpaired) electrons. The van der Waals surface area contributed by atoms with Crippen LogP contribution in [0.3, 0.4) is 0 Å². The molecule has 0 spiro atoms. The van der Waals surface area contributed by atoms with Gasteiger partial charge in [0, 0.05) is 15.5 Å². The minimum atomic E-state index is 0.194. The van der Waals surface area contributed by atoms with Crippen LogP contribution in [-0.2, 0) is 0 Å². The molecule has 19 heavy (non-hydrogen) atoms. The topological polar surface area (TPSA) is 58.0 Å². The summed E-state index contributed by atoms with van der Waals surface area (Å²) >= 11 is 3.42. The molecule has 1 heterocycles. The van der Waals surface area contributed by atoms with E-state index in [0.717, 1.165) is 21.1 Å². The lowest BCUT2D eigenvalue weighted by molar-refractivity contribution is 0.476. The summed E-state index contributed by atoms with van der Waals surface area (Å²) in [6.07, 6.45) is 1.50. The van der Waals surface area contributed by atoms with Crippen LogP contribution in [0.1, 0.15) is 0 Å². The molecule has 3 aromatic rings. The lowest BCUT2D eigenvalue weighted by Gasteiger charge is -2.08. The van der Waals surface area contributed by atoms with Crippen molar-refractivity contribution in [1.82, 2.24) is 9.97 Å². The van der Waals surface area contributed by atoms with Gasteiger partial charge in [0.05, 0.1) is 5.52 Å². The second kappa shape index (κ2) is 4.85. The van der Waals surface area contributed by atoms with Gasteiger partial charge in [-0.25, -0.2) is 9.97 Å². The molecule has 0 bridgehead atoms. The third kappa shape index (κ3) is 2.51. The maximum absolute atomic E-state index is 9.57. The zero-order valence-electron chi connectivity index (χ0n) is 9.84. The van der Waals surface area contributed by atoms with E-state index in [1.54, 1.807) is 18.2 Å². The molecule has 0 atom stereocenters. The number of anilines is 2. The molecule has 5 heteroatoms. The molecule has 0 unspecified atom stereocenters. The largest absolute Gasteiger partial charge is 0.508 e. The first-order chi connectivity index (χ1) is 9.22. The zero-order chi connectivity index (χ0) is 13.2. The van der Waals surface area contributed by atoms with Gasteiger partial charge in [-0.2, -0.15) is 0 Å². The van der Waals surface area contributed by atoms with E-state index in [2.05, 4.69) is 31.2 Å². The summed E-state index contributed by atoms with van der Waals surface area (Å²) in [5, 5.41) is 13.6. The Morgan fingerprint density at radius 3 is 2.79 bits per heavy atom. The van der Waals surface area contributed by atoms with Crippen LogP contribution in [0.5, 0.6) is 5.75 Å². The highest BCUT2D eigenvalue weighted by molar-refractivity contribution is 9.10. The molecule has 0 aliphatic heterocycles. The Hall–Kier alpha value is -2.14. The standard InChI is InChI=1S/C14H10BrN3O/c15-9-2-1-3-10(6-9)18-14-12-7-11(19)4-5-13(12)16-8-17-14/h1-8,19H,(H,16,17,18). The van der Waals surface area contributed by atoms with Crippen LogP contribution in [0.15, 0.2) is 53.3 Å². The third-order valence-electron chi connectivity index (χ3n) is 2.71. The number of hydrogen-bond acceptors (Lipinski definition) is 4. The number of benzene rings is 2. The first kappa shape index (κ1) is 11.9. The van der Waals surface area contributed by atoms with Crippen molar-refractivity contribution < 1.29 is 5.11 Å². The van der Waals surface area contributed by atoms with E-state index in [0.29, 0.717) is 5.82 Å². The van der Waals surface area contributed by atoms with E-state index in [9.17, 15) is 5.11 Å². The predicted octanol–water partition coefficient (Wildman–Crippen LogP) is 3.84. The Balaban J connectivity index is 2.07. The second-order valence-electron chi connectivity index (χ2n) is 4.06. The quantitative estimate of drug-likeness (QED) is 0.754. The molecule has 4 nitrogen and oxygen atoms in total. The van der Waals surface area contributed by atoms with Gasteiger partial charge in [-0.05, 0) is 36.4 Å². The number of hydrogen-bond donors (Lipinski definition) is 2. The molecule has 2 aromatic carbocycles. The first-order valence-electron chi connectivity index (χ1n) is 5.69. The van der Waals surface area contributed by atoms with Crippen molar-refractivity contribution in [2.45, 2.75) is 0 Å². The normalized spacial score (nSPS) is 10.6. The number of nitrogens with one attached hydrogen (secondary N) is 1. The summed E-state index contributed by atoms with van der Waals surface area (Å²) in [6.45, 7) is 0. The Morgan fingerprint density at radius 1 is 1.05 bits per heavy atom. The lowest BCUT2D eigenvalue weighted by Crippen LogP contribution is -1.95. The number of aromatic hydroxyl groups is 1. The zero-order valence-corrected chi connectivity index (χ0v) is 11.4. The molecular formula is C14H10BrN3O. The molecule has 3 rings (SSSR count). The van der Waals surface area contributed by atoms with Crippen LogP contribution in [-0.4, -0.2) is 15.1 Å². The summed E-state index contributed by atoms with van der Waals surface area (Å²) in [7, 11) is 0. The van der Waals surface area contributed by atoms with E-state index >= 15 is 0 Å². The van der Waals surface area contributed by atoms with Gasteiger partial charge in [0.2, 0.25) is 0 Å². The van der Waals surface area contributed by atoms with Gasteiger partial charge < -0.3 is 10.4 Å². The van der Waals surface area contributed by atoms with E-state index < -0.39 is 0 Å². The van der Waals surface area contributed by atoms with Crippen molar-refractivity contribution in [2.24, 2.45) is 0 Å². The summed E-state index contributed by atoms with van der Waals surface area (Å²) in [6, 6.07) is 12.8.